The van der Waals surface area contributed by atoms with E-state index in [9.17, 15) is 0 Å². The highest BCUT2D eigenvalue weighted by molar-refractivity contribution is 7.23. The molecule has 0 N–H and O–H groups in total. The third-order valence-electron chi connectivity index (χ3n) is 12.2. The number of fused-ring (bicyclic) bond motifs is 10. The molecule has 0 saturated heterocycles. The molecule has 0 atom stereocenters. The van der Waals surface area contributed by atoms with Crippen molar-refractivity contribution in [3.05, 3.63) is 188 Å². The molecule has 0 amide bonds. The van der Waals surface area contributed by atoms with Crippen LogP contribution in [0.1, 0.15) is 0 Å². The van der Waals surface area contributed by atoms with Crippen LogP contribution in [0.25, 0.3) is 125 Å². The molecule has 1 aliphatic rings. The van der Waals surface area contributed by atoms with E-state index in [0.717, 1.165) is 33.2 Å². The van der Waals surface area contributed by atoms with E-state index < -0.39 is 0 Å². The number of rotatable bonds is 4. The molecule has 9 aromatic carbocycles. The second-order valence-corrected chi connectivity index (χ2v) is 16.4. The van der Waals surface area contributed by atoms with Gasteiger partial charge in [0.2, 0.25) is 5.95 Å². The first-order valence-electron chi connectivity index (χ1n) is 19.7. The van der Waals surface area contributed by atoms with Gasteiger partial charge >= 0.3 is 0 Å². The highest BCUT2D eigenvalue weighted by Crippen LogP contribution is 2.54. The van der Waals surface area contributed by atoms with Gasteiger partial charge in [-0.05, 0) is 85.8 Å². The lowest BCUT2D eigenvalue weighted by molar-refractivity contribution is 1.01. The molecule has 13 rings (SSSR count). The fraction of sp³-hybridized carbons (Fsp3) is 0. The van der Waals surface area contributed by atoms with E-state index in [2.05, 4.69) is 193 Å². The summed E-state index contributed by atoms with van der Waals surface area (Å²) < 4.78 is 3.56. The topological polar surface area (TPSA) is 30.7 Å². The van der Waals surface area contributed by atoms with Gasteiger partial charge in [-0.1, -0.05) is 152 Å². The minimum atomic E-state index is 0.662. The molecule has 3 aromatic heterocycles. The number of aromatic nitrogens is 3. The maximum atomic E-state index is 5.39. The van der Waals surface area contributed by atoms with Crippen molar-refractivity contribution in [2.75, 3.05) is 0 Å². The van der Waals surface area contributed by atoms with Crippen LogP contribution >= 0.6 is 11.3 Å². The molecule has 0 saturated carbocycles. The summed E-state index contributed by atoms with van der Waals surface area (Å²) in [6.07, 6.45) is 0. The van der Waals surface area contributed by atoms with Gasteiger partial charge in [0.1, 0.15) is 0 Å². The molecule has 12 aromatic rings. The second kappa shape index (κ2) is 12.1. The van der Waals surface area contributed by atoms with Crippen molar-refractivity contribution in [2.24, 2.45) is 0 Å². The number of hydrogen-bond acceptors (Lipinski definition) is 3. The first kappa shape index (κ1) is 31.8. The molecular formula is C54H31N3S. The van der Waals surface area contributed by atoms with E-state index in [1.165, 1.54) is 86.2 Å². The largest absolute Gasteiger partial charge is 0.278 e. The van der Waals surface area contributed by atoms with E-state index in [1.807, 2.05) is 11.3 Å². The number of thiophene rings is 1. The Balaban J connectivity index is 0.953. The van der Waals surface area contributed by atoms with Gasteiger partial charge in [-0.25, -0.2) is 9.97 Å². The van der Waals surface area contributed by atoms with Gasteiger partial charge in [-0.15, -0.1) is 11.3 Å². The number of benzene rings is 9. The molecule has 0 unspecified atom stereocenters. The van der Waals surface area contributed by atoms with Crippen LogP contribution in [0.5, 0.6) is 0 Å². The van der Waals surface area contributed by atoms with Crippen molar-refractivity contribution in [3.63, 3.8) is 0 Å². The maximum Gasteiger partial charge on any atom is 0.235 e. The highest BCUT2D eigenvalue weighted by atomic mass is 32.1. The summed E-state index contributed by atoms with van der Waals surface area (Å²) in [7, 11) is 0. The molecule has 1 aliphatic carbocycles. The number of hydrogen-bond donors (Lipinski definition) is 0. The molecule has 268 valence electrons. The van der Waals surface area contributed by atoms with E-state index in [-0.39, 0.29) is 0 Å². The standard InChI is InChI=1S/C54H31N3S/c1-2-14-38-32(10-1)11-7-17-39(38)33-22-24-35(25-23-33)52-41-16-3-5-20-46(41)55-54(56-52)57-47-21-6-4-15-40(47)44-30-36(26-28-48(44)57)37-27-29-49-45(31-37)51-42-18-8-12-34-13-9-19-43(50(34)42)53(51)58-49/h1-31H. The van der Waals surface area contributed by atoms with Crippen LogP contribution in [-0.2, 0) is 0 Å². The molecule has 0 bridgehead atoms. The Morgan fingerprint density at radius 1 is 0.397 bits per heavy atom. The van der Waals surface area contributed by atoms with Crippen molar-refractivity contribution in [2.45, 2.75) is 0 Å². The fourth-order valence-corrected chi connectivity index (χ4v) is 10.7. The van der Waals surface area contributed by atoms with Crippen molar-refractivity contribution in [1.29, 1.82) is 0 Å². The first-order valence-corrected chi connectivity index (χ1v) is 20.6. The zero-order chi connectivity index (χ0) is 37.9. The van der Waals surface area contributed by atoms with E-state index in [4.69, 9.17) is 9.97 Å². The molecule has 0 spiro atoms. The monoisotopic (exact) mass is 753 g/mol. The predicted octanol–water partition coefficient (Wildman–Crippen LogP) is 14.9. The first-order chi connectivity index (χ1) is 28.7. The molecule has 0 fully saturated rings. The van der Waals surface area contributed by atoms with Gasteiger partial charge < -0.3 is 0 Å². The molecule has 0 aliphatic heterocycles. The average Bonchev–Trinajstić information content (AvgIpc) is 3.94. The van der Waals surface area contributed by atoms with E-state index in [0.29, 0.717) is 5.95 Å². The van der Waals surface area contributed by atoms with Gasteiger partial charge in [-0.2, -0.15) is 0 Å². The van der Waals surface area contributed by atoms with Crippen molar-refractivity contribution < 1.29 is 0 Å². The van der Waals surface area contributed by atoms with Crippen molar-refractivity contribution in [1.82, 2.24) is 14.5 Å². The van der Waals surface area contributed by atoms with Crippen LogP contribution in [0.3, 0.4) is 0 Å². The third kappa shape index (κ3) is 4.55. The highest BCUT2D eigenvalue weighted by Gasteiger charge is 2.26. The van der Waals surface area contributed by atoms with Gasteiger partial charge in [0.25, 0.3) is 0 Å². The summed E-state index contributed by atoms with van der Waals surface area (Å²) in [5.41, 5.74) is 13.9. The van der Waals surface area contributed by atoms with Crippen LogP contribution in [-0.4, -0.2) is 14.5 Å². The Bertz CT molecular complexity index is 3670. The molecule has 4 heteroatoms. The van der Waals surface area contributed by atoms with E-state index in [1.54, 1.807) is 0 Å². The molecule has 58 heavy (non-hydrogen) atoms. The molecule has 3 heterocycles. The van der Waals surface area contributed by atoms with Crippen LogP contribution < -0.4 is 0 Å². The summed E-state index contributed by atoms with van der Waals surface area (Å²) >= 11 is 1.91. The zero-order valence-electron chi connectivity index (χ0n) is 31.1. The summed E-state index contributed by atoms with van der Waals surface area (Å²) in [6, 6.07) is 68.2. The lowest BCUT2D eigenvalue weighted by atomic mass is 9.96. The quantitative estimate of drug-likeness (QED) is 0.179. The second-order valence-electron chi connectivity index (χ2n) is 15.3. The van der Waals surface area contributed by atoms with Crippen LogP contribution in [0.4, 0.5) is 0 Å². The number of nitrogens with zero attached hydrogens (tertiary/aromatic N) is 3. The lowest BCUT2D eigenvalue weighted by Crippen LogP contribution is -2.03. The predicted molar refractivity (Wildman–Crippen MR) is 245 cm³/mol. The van der Waals surface area contributed by atoms with Crippen molar-refractivity contribution in [3.8, 4) is 61.0 Å². The Kier molecular flexibility index (Phi) is 6.60. The summed E-state index contributed by atoms with van der Waals surface area (Å²) in [6.45, 7) is 0. The van der Waals surface area contributed by atoms with Gasteiger partial charge in [-0.3, -0.25) is 4.57 Å². The maximum absolute atomic E-state index is 5.39. The third-order valence-corrected chi connectivity index (χ3v) is 13.4. The number of para-hydroxylation sites is 2. The molecule has 3 nitrogen and oxygen atoms in total. The molecular weight excluding hydrogens is 723 g/mol. The van der Waals surface area contributed by atoms with Gasteiger partial charge in [0.15, 0.2) is 0 Å². The Morgan fingerprint density at radius 2 is 1.02 bits per heavy atom. The smallest absolute Gasteiger partial charge is 0.235 e. The Morgan fingerprint density at radius 3 is 1.88 bits per heavy atom. The van der Waals surface area contributed by atoms with E-state index >= 15 is 0 Å². The zero-order valence-corrected chi connectivity index (χ0v) is 32.0. The van der Waals surface area contributed by atoms with Crippen LogP contribution in [0, 0.1) is 0 Å². The minimum Gasteiger partial charge on any atom is -0.278 e. The summed E-state index contributed by atoms with van der Waals surface area (Å²) in [4.78, 5) is 12.0. The summed E-state index contributed by atoms with van der Waals surface area (Å²) in [5, 5.41) is 9.89. The lowest BCUT2D eigenvalue weighted by Gasteiger charge is -2.13. The fourth-order valence-electron chi connectivity index (χ4n) is 9.51. The minimum absolute atomic E-state index is 0.662. The average molecular weight is 754 g/mol. The summed E-state index contributed by atoms with van der Waals surface area (Å²) in [5.74, 6) is 0.662. The van der Waals surface area contributed by atoms with Crippen molar-refractivity contribution >= 4 is 75.7 Å². The van der Waals surface area contributed by atoms with Crippen LogP contribution in [0.2, 0.25) is 0 Å². The normalized spacial score (nSPS) is 12.1. The van der Waals surface area contributed by atoms with Gasteiger partial charge in [0.05, 0.1) is 22.2 Å². The Hall–Kier alpha value is -7.40. The molecule has 0 radical (unpaired) electrons. The van der Waals surface area contributed by atoms with Gasteiger partial charge in [0, 0.05) is 47.8 Å². The van der Waals surface area contributed by atoms with Crippen LogP contribution in [0.15, 0.2) is 188 Å². The SMILES string of the molecule is c1ccc2c(-c3ccc(-c4nc(-n5c6ccccc6c6cc(-c7ccc8sc9c(c8c7)-c7cccc8cccc-9c78)ccc65)nc5ccccc45)cc3)cccc2c1. The Labute approximate surface area is 337 Å².